The smallest absolute Gasteiger partial charge is 0.301 e. The molecule has 0 spiro atoms. The topological polar surface area (TPSA) is 79.7 Å². The fraction of sp³-hybridized carbons (Fsp3) is 0.0741. The summed E-state index contributed by atoms with van der Waals surface area (Å²) in [5.41, 5.74) is 1.98. The Morgan fingerprint density at radius 3 is 2.51 bits per heavy atom. The Morgan fingerprint density at radius 1 is 1.03 bits per heavy atom. The van der Waals surface area contributed by atoms with Crippen LogP contribution < -0.4 is 9.64 Å². The standard InChI is InChI=1S/C27H19ClN2O4S/c28-20-11-9-18(10-12-20)24(31)22-23(30(26(33)25(22)32)27-29-13-14-35-27)19-7-4-8-21(15-19)34-16-17-5-2-1-3-6-17/h1-15,23,31H,16H2. The van der Waals surface area contributed by atoms with E-state index < -0.39 is 17.7 Å². The van der Waals surface area contributed by atoms with Gasteiger partial charge in [0, 0.05) is 22.2 Å². The number of hydrogen-bond donors (Lipinski definition) is 1. The number of aromatic nitrogens is 1. The molecule has 1 atom stereocenters. The van der Waals surface area contributed by atoms with E-state index in [0.717, 1.165) is 5.56 Å². The number of aliphatic hydroxyl groups excluding tert-OH is 1. The van der Waals surface area contributed by atoms with Crippen molar-refractivity contribution in [3.8, 4) is 5.75 Å². The summed E-state index contributed by atoms with van der Waals surface area (Å²) in [6, 6.07) is 22.5. The predicted molar refractivity (Wildman–Crippen MR) is 136 cm³/mol. The van der Waals surface area contributed by atoms with Gasteiger partial charge in [0.05, 0.1) is 11.6 Å². The van der Waals surface area contributed by atoms with Crippen molar-refractivity contribution in [1.29, 1.82) is 0 Å². The monoisotopic (exact) mass is 502 g/mol. The SMILES string of the molecule is O=C1C(=O)N(c2nccs2)C(c2cccc(OCc3ccccc3)c2)C1=C(O)c1ccc(Cl)cc1. The zero-order valence-corrected chi connectivity index (χ0v) is 19.9. The molecule has 174 valence electrons. The van der Waals surface area contributed by atoms with Crippen LogP contribution in [0.25, 0.3) is 5.76 Å². The van der Waals surface area contributed by atoms with E-state index in [0.29, 0.717) is 33.6 Å². The minimum atomic E-state index is -0.878. The third-order valence-electron chi connectivity index (χ3n) is 5.61. The number of anilines is 1. The van der Waals surface area contributed by atoms with Gasteiger partial charge in [-0.05, 0) is 47.5 Å². The normalized spacial score (nSPS) is 17.1. The van der Waals surface area contributed by atoms with E-state index in [9.17, 15) is 14.7 Å². The first-order valence-electron chi connectivity index (χ1n) is 10.8. The predicted octanol–water partition coefficient (Wildman–Crippen LogP) is 6.00. The maximum absolute atomic E-state index is 13.2. The Morgan fingerprint density at radius 2 is 1.80 bits per heavy atom. The van der Waals surface area contributed by atoms with Crippen LogP contribution in [-0.4, -0.2) is 21.8 Å². The molecule has 1 aliphatic heterocycles. The number of aliphatic hydroxyl groups is 1. The fourth-order valence-electron chi connectivity index (χ4n) is 3.96. The van der Waals surface area contributed by atoms with E-state index in [1.54, 1.807) is 60.1 Å². The summed E-state index contributed by atoms with van der Waals surface area (Å²) < 4.78 is 5.97. The van der Waals surface area contributed by atoms with Crippen molar-refractivity contribution < 1.29 is 19.4 Å². The van der Waals surface area contributed by atoms with Crippen molar-refractivity contribution >= 4 is 45.5 Å². The molecule has 35 heavy (non-hydrogen) atoms. The summed E-state index contributed by atoms with van der Waals surface area (Å²) in [5.74, 6) is -1.24. The van der Waals surface area contributed by atoms with Crippen LogP contribution in [0, 0.1) is 0 Å². The van der Waals surface area contributed by atoms with Crippen molar-refractivity contribution in [2.75, 3.05) is 4.90 Å². The van der Waals surface area contributed by atoms with E-state index >= 15 is 0 Å². The molecule has 6 nitrogen and oxygen atoms in total. The van der Waals surface area contributed by atoms with Gasteiger partial charge in [0.2, 0.25) is 0 Å². The molecule has 1 N–H and O–H groups in total. The lowest BCUT2D eigenvalue weighted by atomic mass is 9.95. The van der Waals surface area contributed by atoms with Crippen molar-refractivity contribution in [2.45, 2.75) is 12.6 Å². The second-order valence-electron chi connectivity index (χ2n) is 7.84. The van der Waals surface area contributed by atoms with E-state index in [4.69, 9.17) is 16.3 Å². The molecule has 1 unspecified atom stereocenters. The summed E-state index contributed by atoms with van der Waals surface area (Å²) in [6.45, 7) is 0.363. The van der Waals surface area contributed by atoms with Gasteiger partial charge in [-0.25, -0.2) is 4.98 Å². The number of amides is 1. The van der Waals surface area contributed by atoms with Crippen molar-refractivity contribution in [3.63, 3.8) is 0 Å². The zero-order chi connectivity index (χ0) is 24.4. The van der Waals surface area contributed by atoms with Gasteiger partial charge < -0.3 is 9.84 Å². The Kier molecular flexibility index (Phi) is 6.35. The average Bonchev–Trinajstić information content (AvgIpc) is 3.50. The number of benzene rings is 3. The van der Waals surface area contributed by atoms with Gasteiger partial charge in [0.1, 0.15) is 18.1 Å². The first kappa shape index (κ1) is 22.8. The van der Waals surface area contributed by atoms with Crippen LogP contribution in [0.2, 0.25) is 5.02 Å². The van der Waals surface area contributed by atoms with Crippen LogP contribution in [-0.2, 0) is 16.2 Å². The van der Waals surface area contributed by atoms with Crippen LogP contribution in [0.15, 0.2) is 96.0 Å². The molecule has 1 aromatic heterocycles. The third-order valence-corrected chi connectivity index (χ3v) is 6.63. The quantitative estimate of drug-likeness (QED) is 0.199. The van der Waals surface area contributed by atoms with Gasteiger partial charge in [-0.2, -0.15) is 0 Å². The molecule has 0 radical (unpaired) electrons. The summed E-state index contributed by atoms with van der Waals surface area (Å²) >= 11 is 7.22. The van der Waals surface area contributed by atoms with Crippen LogP contribution in [0.1, 0.15) is 22.7 Å². The lowest BCUT2D eigenvalue weighted by Crippen LogP contribution is -2.29. The molecular weight excluding hydrogens is 484 g/mol. The lowest BCUT2D eigenvalue weighted by Gasteiger charge is -2.23. The largest absolute Gasteiger partial charge is 0.507 e. The number of carbonyl (C=O) groups excluding carboxylic acids is 2. The molecule has 0 saturated carbocycles. The molecule has 2 heterocycles. The second-order valence-corrected chi connectivity index (χ2v) is 9.15. The van der Waals surface area contributed by atoms with Crippen LogP contribution in [0.4, 0.5) is 5.13 Å². The highest BCUT2D eigenvalue weighted by Gasteiger charge is 2.48. The van der Waals surface area contributed by atoms with Crippen molar-refractivity contribution in [3.05, 3.63) is 118 Å². The number of thiazole rings is 1. The molecule has 5 rings (SSSR count). The van der Waals surface area contributed by atoms with E-state index in [1.807, 2.05) is 30.3 Å². The van der Waals surface area contributed by atoms with E-state index in [1.165, 1.54) is 16.2 Å². The van der Waals surface area contributed by atoms with Gasteiger partial charge in [-0.1, -0.05) is 54.1 Å². The Hall–Kier alpha value is -3.94. The van der Waals surface area contributed by atoms with Crippen LogP contribution in [0.3, 0.4) is 0 Å². The van der Waals surface area contributed by atoms with Gasteiger partial charge in [-0.15, -0.1) is 11.3 Å². The molecule has 1 aliphatic rings. The molecule has 1 amide bonds. The van der Waals surface area contributed by atoms with E-state index in [-0.39, 0.29) is 11.3 Å². The lowest BCUT2D eigenvalue weighted by molar-refractivity contribution is -0.132. The van der Waals surface area contributed by atoms with Gasteiger partial charge in [-0.3, -0.25) is 14.5 Å². The first-order chi connectivity index (χ1) is 17.0. The summed E-state index contributed by atoms with van der Waals surface area (Å²) in [7, 11) is 0. The number of Topliss-reactive ketones (excluding diaryl/α,β-unsaturated/α-hetero) is 1. The highest BCUT2D eigenvalue weighted by molar-refractivity contribution is 7.14. The molecule has 1 saturated heterocycles. The Balaban J connectivity index is 1.58. The third kappa shape index (κ3) is 4.56. The summed E-state index contributed by atoms with van der Waals surface area (Å²) in [4.78, 5) is 31.9. The number of rotatable bonds is 6. The minimum absolute atomic E-state index is 0.0206. The summed E-state index contributed by atoms with van der Waals surface area (Å²) in [6.07, 6.45) is 1.56. The second kappa shape index (κ2) is 9.74. The number of hydrogen-bond acceptors (Lipinski definition) is 6. The van der Waals surface area contributed by atoms with Gasteiger partial charge in [0.25, 0.3) is 5.78 Å². The zero-order valence-electron chi connectivity index (χ0n) is 18.3. The highest BCUT2D eigenvalue weighted by atomic mass is 35.5. The summed E-state index contributed by atoms with van der Waals surface area (Å²) in [5, 5.41) is 13.7. The first-order valence-corrected chi connectivity index (χ1v) is 12.0. The number of halogens is 1. The van der Waals surface area contributed by atoms with Gasteiger partial charge in [0.15, 0.2) is 5.13 Å². The fourth-order valence-corrected chi connectivity index (χ4v) is 4.75. The minimum Gasteiger partial charge on any atom is -0.507 e. The maximum Gasteiger partial charge on any atom is 0.301 e. The van der Waals surface area contributed by atoms with Crippen LogP contribution in [0.5, 0.6) is 5.75 Å². The molecule has 1 fully saturated rings. The number of ether oxygens (including phenoxy) is 1. The molecule has 8 heteroatoms. The number of nitrogens with zero attached hydrogens (tertiary/aromatic N) is 2. The maximum atomic E-state index is 13.2. The van der Waals surface area contributed by atoms with Crippen LogP contribution >= 0.6 is 22.9 Å². The number of ketones is 1. The number of carbonyl (C=O) groups is 2. The average molecular weight is 503 g/mol. The van der Waals surface area contributed by atoms with E-state index in [2.05, 4.69) is 4.98 Å². The molecule has 0 bridgehead atoms. The molecule has 4 aromatic rings. The van der Waals surface area contributed by atoms with Crippen molar-refractivity contribution in [1.82, 2.24) is 4.98 Å². The molecule has 0 aliphatic carbocycles. The van der Waals surface area contributed by atoms with Crippen molar-refractivity contribution in [2.24, 2.45) is 0 Å². The molecule has 3 aromatic carbocycles. The Bertz CT molecular complexity index is 1400. The Labute approximate surface area is 210 Å². The van der Waals surface area contributed by atoms with Gasteiger partial charge >= 0.3 is 5.91 Å². The highest BCUT2D eigenvalue weighted by Crippen LogP contribution is 2.43. The molecular formula is C27H19ClN2O4S.